The molecule has 2 aromatic heterocycles. The SMILES string of the molecule is Cc1nc(NC2CCOCC2)c2ncn([C@@H]3O[C@H](COC(F)(F)F)C(O)C3O)c2n1. The number of nitrogens with one attached hydrogen (secondary N) is 1. The predicted molar refractivity (Wildman–Crippen MR) is 95.5 cm³/mol. The molecule has 0 bridgehead atoms. The van der Waals surface area contributed by atoms with Crippen LogP contribution in [0.1, 0.15) is 24.9 Å². The summed E-state index contributed by atoms with van der Waals surface area (Å²) >= 11 is 0. The molecule has 2 aliphatic heterocycles. The molecule has 10 nitrogen and oxygen atoms in total. The van der Waals surface area contributed by atoms with Crippen LogP contribution < -0.4 is 5.32 Å². The van der Waals surface area contributed by atoms with Crippen LogP contribution in [0.3, 0.4) is 0 Å². The van der Waals surface area contributed by atoms with Crippen LogP contribution >= 0.6 is 0 Å². The van der Waals surface area contributed by atoms with Crippen LogP contribution in [0.15, 0.2) is 6.33 Å². The Kier molecular flexibility index (Phi) is 5.81. The monoisotopic (exact) mass is 433 g/mol. The number of aliphatic hydroxyl groups is 2. The van der Waals surface area contributed by atoms with Gasteiger partial charge in [-0.1, -0.05) is 0 Å². The zero-order valence-electron chi connectivity index (χ0n) is 16.0. The molecule has 0 amide bonds. The minimum Gasteiger partial charge on any atom is -0.387 e. The molecule has 4 heterocycles. The number of hydrogen-bond donors (Lipinski definition) is 3. The molecule has 3 N–H and O–H groups in total. The number of aryl methyl sites for hydroxylation is 1. The van der Waals surface area contributed by atoms with Gasteiger partial charge in [0.25, 0.3) is 0 Å². The average Bonchev–Trinajstić information content (AvgIpc) is 3.22. The van der Waals surface area contributed by atoms with Crippen molar-refractivity contribution >= 4 is 17.0 Å². The third-order valence-electron chi connectivity index (χ3n) is 5.12. The van der Waals surface area contributed by atoms with E-state index in [4.69, 9.17) is 9.47 Å². The van der Waals surface area contributed by atoms with Crippen molar-refractivity contribution in [2.75, 3.05) is 25.1 Å². The van der Waals surface area contributed by atoms with Crippen molar-refractivity contribution in [3.63, 3.8) is 0 Å². The van der Waals surface area contributed by atoms with Gasteiger partial charge in [0.1, 0.15) is 24.1 Å². The summed E-state index contributed by atoms with van der Waals surface area (Å²) in [5.74, 6) is 0.942. The van der Waals surface area contributed by atoms with Crippen LogP contribution in [0.5, 0.6) is 0 Å². The molecule has 4 atom stereocenters. The van der Waals surface area contributed by atoms with E-state index in [-0.39, 0.29) is 6.04 Å². The Labute approximate surface area is 169 Å². The molecule has 0 saturated carbocycles. The second kappa shape index (κ2) is 8.23. The summed E-state index contributed by atoms with van der Waals surface area (Å²) in [6.07, 6.45) is -7.52. The van der Waals surface area contributed by atoms with Gasteiger partial charge in [0.2, 0.25) is 0 Å². The summed E-state index contributed by atoms with van der Waals surface area (Å²) < 4.78 is 52.9. The fourth-order valence-electron chi connectivity index (χ4n) is 3.62. The van der Waals surface area contributed by atoms with E-state index in [0.717, 1.165) is 12.8 Å². The molecule has 166 valence electrons. The van der Waals surface area contributed by atoms with E-state index in [9.17, 15) is 23.4 Å². The van der Waals surface area contributed by atoms with E-state index in [2.05, 4.69) is 25.0 Å². The summed E-state index contributed by atoms with van der Waals surface area (Å²) in [5, 5.41) is 23.8. The summed E-state index contributed by atoms with van der Waals surface area (Å²) in [6, 6.07) is 0.153. The lowest BCUT2D eigenvalue weighted by Crippen LogP contribution is -2.35. The minimum absolute atomic E-state index is 0.153. The van der Waals surface area contributed by atoms with Gasteiger partial charge in [-0.15, -0.1) is 13.2 Å². The molecule has 2 aromatic rings. The number of nitrogens with zero attached hydrogens (tertiary/aromatic N) is 4. The molecule has 2 unspecified atom stereocenters. The number of ether oxygens (including phenoxy) is 3. The molecular formula is C17H22F3N5O5. The van der Waals surface area contributed by atoms with Gasteiger partial charge in [-0.3, -0.25) is 9.30 Å². The first-order valence-corrected chi connectivity index (χ1v) is 9.50. The maximum atomic E-state index is 12.3. The van der Waals surface area contributed by atoms with Crippen LogP contribution in [-0.4, -0.2) is 80.3 Å². The first kappa shape index (κ1) is 21.2. The quantitative estimate of drug-likeness (QED) is 0.630. The fraction of sp³-hybridized carbons (Fsp3) is 0.706. The molecular weight excluding hydrogens is 411 g/mol. The molecule has 0 aliphatic carbocycles. The standard InChI is InChI=1S/C17H22F3N5O5/c1-8-22-14(24-9-2-4-28-5-3-9)11-15(23-8)25(7-21-11)16-13(27)12(26)10(30-16)6-29-17(18,19)20/h7,9-10,12-13,16,26-27H,2-6H2,1H3,(H,22,23,24)/t10-,12?,13?,16-/m1/s1. The van der Waals surface area contributed by atoms with Crippen LogP contribution in [0, 0.1) is 6.92 Å². The maximum absolute atomic E-state index is 12.3. The molecule has 0 radical (unpaired) electrons. The summed E-state index contributed by atoms with van der Waals surface area (Å²) in [5.41, 5.74) is 0.748. The van der Waals surface area contributed by atoms with Crippen molar-refractivity contribution in [1.82, 2.24) is 19.5 Å². The number of aliphatic hydroxyl groups excluding tert-OH is 2. The molecule has 4 rings (SSSR count). The van der Waals surface area contributed by atoms with Crippen molar-refractivity contribution in [3.8, 4) is 0 Å². The van der Waals surface area contributed by atoms with Gasteiger partial charge in [0.15, 0.2) is 23.2 Å². The normalized spacial score (nSPS) is 28.3. The lowest BCUT2D eigenvalue weighted by atomic mass is 10.1. The summed E-state index contributed by atoms with van der Waals surface area (Å²) in [6.45, 7) is 2.02. The van der Waals surface area contributed by atoms with Crippen LogP contribution in [0.25, 0.3) is 11.2 Å². The Morgan fingerprint density at radius 3 is 2.67 bits per heavy atom. The Morgan fingerprint density at radius 1 is 1.23 bits per heavy atom. The van der Waals surface area contributed by atoms with Gasteiger partial charge < -0.3 is 25.0 Å². The molecule has 2 aliphatic rings. The predicted octanol–water partition coefficient (Wildman–Crippen LogP) is 0.881. The lowest BCUT2D eigenvalue weighted by molar-refractivity contribution is -0.333. The van der Waals surface area contributed by atoms with E-state index in [0.29, 0.717) is 36.0 Å². The lowest BCUT2D eigenvalue weighted by Gasteiger charge is -2.23. The van der Waals surface area contributed by atoms with Gasteiger partial charge in [-0.2, -0.15) is 0 Å². The zero-order chi connectivity index (χ0) is 21.5. The number of anilines is 1. The van der Waals surface area contributed by atoms with Gasteiger partial charge >= 0.3 is 6.36 Å². The largest absolute Gasteiger partial charge is 0.522 e. The highest BCUT2D eigenvalue weighted by molar-refractivity contribution is 5.83. The van der Waals surface area contributed by atoms with Gasteiger partial charge in [-0.05, 0) is 19.8 Å². The smallest absolute Gasteiger partial charge is 0.387 e. The van der Waals surface area contributed by atoms with E-state index < -0.39 is 37.5 Å². The number of hydrogen-bond acceptors (Lipinski definition) is 9. The first-order valence-electron chi connectivity index (χ1n) is 9.50. The molecule has 30 heavy (non-hydrogen) atoms. The molecule has 0 spiro atoms. The highest BCUT2D eigenvalue weighted by Gasteiger charge is 2.46. The number of halogens is 3. The number of rotatable bonds is 5. The molecule has 13 heteroatoms. The van der Waals surface area contributed by atoms with Gasteiger partial charge in [0, 0.05) is 19.3 Å². The van der Waals surface area contributed by atoms with Crippen molar-refractivity contribution in [3.05, 3.63) is 12.2 Å². The van der Waals surface area contributed by atoms with E-state index >= 15 is 0 Å². The third-order valence-corrected chi connectivity index (χ3v) is 5.12. The van der Waals surface area contributed by atoms with Gasteiger partial charge in [0.05, 0.1) is 12.9 Å². The number of imidazole rings is 1. The highest BCUT2D eigenvalue weighted by atomic mass is 19.4. The summed E-state index contributed by atoms with van der Waals surface area (Å²) in [4.78, 5) is 13.0. The van der Waals surface area contributed by atoms with E-state index in [1.54, 1.807) is 6.92 Å². The van der Waals surface area contributed by atoms with E-state index in [1.807, 2.05) is 0 Å². The van der Waals surface area contributed by atoms with Crippen LogP contribution in [0.2, 0.25) is 0 Å². The van der Waals surface area contributed by atoms with Crippen LogP contribution in [-0.2, 0) is 14.2 Å². The Balaban J connectivity index is 1.58. The topological polar surface area (TPSA) is 124 Å². The number of fused-ring (bicyclic) bond motifs is 1. The molecule has 2 saturated heterocycles. The molecule has 0 aromatic carbocycles. The fourth-order valence-corrected chi connectivity index (χ4v) is 3.62. The van der Waals surface area contributed by atoms with Gasteiger partial charge in [-0.25, -0.2) is 15.0 Å². The van der Waals surface area contributed by atoms with Crippen LogP contribution in [0.4, 0.5) is 19.0 Å². The first-order chi connectivity index (χ1) is 14.2. The Hall–Kier alpha value is -2.06. The number of alkyl halides is 3. The summed E-state index contributed by atoms with van der Waals surface area (Å²) in [7, 11) is 0. The minimum atomic E-state index is -4.87. The maximum Gasteiger partial charge on any atom is 0.522 e. The average molecular weight is 433 g/mol. The van der Waals surface area contributed by atoms with Crippen molar-refractivity contribution in [2.45, 2.75) is 56.7 Å². The van der Waals surface area contributed by atoms with E-state index in [1.165, 1.54) is 10.9 Å². The second-order valence-corrected chi connectivity index (χ2v) is 7.28. The number of aromatic nitrogens is 4. The Bertz CT molecular complexity index is 889. The zero-order valence-corrected chi connectivity index (χ0v) is 16.0. The third kappa shape index (κ3) is 4.34. The van der Waals surface area contributed by atoms with Crippen molar-refractivity contribution in [2.24, 2.45) is 0 Å². The molecule has 2 fully saturated rings. The Morgan fingerprint density at radius 2 is 1.97 bits per heavy atom. The van der Waals surface area contributed by atoms with Crippen molar-refractivity contribution in [1.29, 1.82) is 0 Å². The highest BCUT2D eigenvalue weighted by Crippen LogP contribution is 2.33. The van der Waals surface area contributed by atoms with Crippen molar-refractivity contribution < 1.29 is 37.6 Å². The second-order valence-electron chi connectivity index (χ2n) is 7.28.